The van der Waals surface area contributed by atoms with Gasteiger partial charge in [-0.25, -0.2) is 0 Å². The average Bonchev–Trinajstić information content (AvgIpc) is 2.25. The van der Waals surface area contributed by atoms with E-state index in [1.165, 1.54) is 12.8 Å². The van der Waals surface area contributed by atoms with Crippen LogP contribution in [-0.4, -0.2) is 42.5 Å². The molecule has 1 aliphatic rings. The Kier molecular flexibility index (Phi) is 4.89. The fourth-order valence-electron chi connectivity index (χ4n) is 2.01. The van der Waals surface area contributed by atoms with Crippen LogP contribution in [0, 0.1) is 11.3 Å². The minimum absolute atomic E-state index is 0.0711. The second-order valence-corrected chi connectivity index (χ2v) is 5.91. The summed E-state index contributed by atoms with van der Waals surface area (Å²) in [5.74, 6) is 0.470. The number of hydrogen-bond acceptors (Lipinski definition) is 3. The van der Waals surface area contributed by atoms with Crippen LogP contribution in [0.3, 0.4) is 0 Å². The zero-order valence-electron chi connectivity index (χ0n) is 11.0. The topological polar surface area (TPSA) is 58.4 Å². The van der Waals surface area contributed by atoms with Crippen LogP contribution in [0.2, 0.25) is 0 Å². The molecular weight excluding hydrogens is 234 g/mol. The maximum Gasteiger partial charge on any atom is 0.232 e. The molecule has 3 N–H and O–H groups in total. The fourth-order valence-corrected chi connectivity index (χ4v) is 2.10. The number of hydrogen-bond donors (Lipinski definition) is 2. The molecule has 0 radical (unpaired) electrons. The summed E-state index contributed by atoms with van der Waals surface area (Å²) in [6.07, 6.45) is 2.38. The van der Waals surface area contributed by atoms with E-state index in [2.05, 4.69) is 17.3 Å². The summed E-state index contributed by atoms with van der Waals surface area (Å²) in [4.78, 5) is 14.5. The number of likely N-dealkylation sites (tertiary alicyclic amines) is 1. The second kappa shape index (κ2) is 5.78. The van der Waals surface area contributed by atoms with Gasteiger partial charge in [0.1, 0.15) is 0 Å². The molecule has 0 saturated carbocycles. The van der Waals surface area contributed by atoms with E-state index in [0.29, 0.717) is 5.92 Å². The van der Waals surface area contributed by atoms with Crippen LogP contribution in [0.15, 0.2) is 0 Å². The molecule has 4 nitrogen and oxygen atoms in total. The highest BCUT2D eigenvalue weighted by molar-refractivity contribution is 7.80. The van der Waals surface area contributed by atoms with Crippen molar-refractivity contribution in [3.05, 3.63) is 0 Å². The Morgan fingerprint density at radius 3 is 2.76 bits per heavy atom. The van der Waals surface area contributed by atoms with Gasteiger partial charge in [-0.15, -0.1) is 0 Å². The highest BCUT2D eigenvalue weighted by Crippen LogP contribution is 2.17. The van der Waals surface area contributed by atoms with E-state index >= 15 is 0 Å². The number of rotatable bonds is 4. The smallest absolute Gasteiger partial charge is 0.232 e. The average molecular weight is 257 g/mol. The molecule has 1 heterocycles. The largest absolute Gasteiger partial charge is 0.392 e. The van der Waals surface area contributed by atoms with Crippen LogP contribution >= 0.6 is 12.2 Å². The summed E-state index contributed by atoms with van der Waals surface area (Å²) < 4.78 is 0. The lowest BCUT2D eigenvalue weighted by atomic mass is 9.91. The molecule has 1 amide bonds. The van der Waals surface area contributed by atoms with Crippen LogP contribution < -0.4 is 11.1 Å². The van der Waals surface area contributed by atoms with E-state index in [-0.39, 0.29) is 10.9 Å². The van der Waals surface area contributed by atoms with E-state index in [0.717, 1.165) is 19.6 Å². The third-order valence-corrected chi connectivity index (χ3v) is 3.97. The summed E-state index contributed by atoms with van der Waals surface area (Å²) in [6.45, 7) is 6.45. The summed E-state index contributed by atoms with van der Waals surface area (Å²) in [7, 11) is 2.12. The Balaban J connectivity index is 2.40. The molecule has 0 bridgehead atoms. The molecule has 17 heavy (non-hydrogen) atoms. The monoisotopic (exact) mass is 257 g/mol. The molecule has 1 aliphatic heterocycles. The van der Waals surface area contributed by atoms with Gasteiger partial charge in [0, 0.05) is 13.1 Å². The van der Waals surface area contributed by atoms with E-state index in [1.54, 1.807) is 13.8 Å². The molecule has 1 rings (SSSR count). The Labute approximate surface area is 109 Å². The Bertz CT molecular complexity index is 304. The van der Waals surface area contributed by atoms with Crippen molar-refractivity contribution in [2.75, 3.05) is 26.7 Å². The van der Waals surface area contributed by atoms with Crippen molar-refractivity contribution < 1.29 is 4.79 Å². The number of piperidine rings is 1. The van der Waals surface area contributed by atoms with E-state index in [4.69, 9.17) is 18.0 Å². The van der Waals surface area contributed by atoms with Gasteiger partial charge in [0.2, 0.25) is 5.91 Å². The molecule has 1 fully saturated rings. The van der Waals surface area contributed by atoms with Crippen LogP contribution in [0.1, 0.15) is 26.7 Å². The van der Waals surface area contributed by atoms with Crippen molar-refractivity contribution in [3.63, 3.8) is 0 Å². The van der Waals surface area contributed by atoms with Crippen molar-refractivity contribution in [1.82, 2.24) is 10.2 Å². The summed E-state index contributed by atoms with van der Waals surface area (Å²) in [5, 5.41) is 2.96. The van der Waals surface area contributed by atoms with Crippen LogP contribution in [0.4, 0.5) is 0 Å². The zero-order valence-corrected chi connectivity index (χ0v) is 11.8. The third-order valence-electron chi connectivity index (χ3n) is 3.46. The number of nitrogens with zero attached hydrogens (tertiary/aromatic N) is 1. The maximum atomic E-state index is 11.9. The zero-order chi connectivity index (χ0) is 13.1. The quantitative estimate of drug-likeness (QED) is 0.730. The van der Waals surface area contributed by atoms with E-state index in [1.807, 2.05) is 0 Å². The molecule has 0 aromatic carbocycles. The van der Waals surface area contributed by atoms with E-state index < -0.39 is 5.41 Å². The molecule has 0 spiro atoms. The van der Waals surface area contributed by atoms with Crippen molar-refractivity contribution in [2.45, 2.75) is 26.7 Å². The third kappa shape index (κ3) is 3.92. The number of carbonyl (C=O) groups excluding carboxylic acids is 1. The predicted molar refractivity (Wildman–Crippen MR) is 73.8 cm³/mol. The normalized spacial score (nSPS) is 22.2. The van der Waals surface area contributed by atoms with Gasteiger partial charge < -0.3 is 16.0 Å². The minimum atomic E-state index is -0.754. The summed E-state index contributed by atoms with van der Waals surface area (Å²) in [5.41, 5.74) is 4.81. The van der Waals surface area contributed by atoms with Crippen LogP contribution in [-0.2, 0) is 4.79 Å². The van der Waals surface area contributed by atoms with Gasteiger partial charge >= 0.3 is 0 Å². The standard InChI is InChI=1S/C12H23N3OS/c1-12(2,10(13)17)11(16)14-7-9-5-4-6-15(3)8-9/h9H,4-8H2,1-3H3,(H2,13,17)(H,14,16). The molecule has 1 saturated heterocycles. The lowest BCUT2D eigenvalue weighted by Gasteiger charge is -2.31. The van der Waals surface area contributed by atoms with Crippen molar-refractivity contribution in [2.24, 2.45) is 17.1 Å². The highest BCUT2D eigenvalue weighted by atomic mass is 32.1. The van der Waals surface area contributed by atoms with Gasteiger partial charge in [0.25, 0.3) is 0 Å². The molecular formula is C12H23N3OS. The van der Waals surface area contributed by atoms with Crippen molar-refractivity contribution in [3.8, 4) is 0 Å². The van der Waals surface area contributed by atoms with Crippen LogP contribution in [0.25, 0.3) is 0 Å². The van der Waals surface area contributed by atoms with E-state index in [9.17, 15) is 4.79 Å². The SMILES string of the molecule is CN1CCCC(CNC(=O)C(C)(C)C(N)=S)C1. The molecule has 0 aromatic rings. The fraction of sp³-hybridized carbons (Fsp3) is 0.833. The molecule has 0 aromatic heterocycles. The van der Waals surface area contributed by atoms with Crippen molar-refractivity contribution >= 4 is 23.1 Å². The number of amides is 1. The van der Waals surface area contributed by atoms with Gasteiger partial charge in [-0.1, -0.05) is 12.2 Å². The lowest BCUT2D eigenvalue weighted by molar-refractivity contribution is -0.126. The number of nitrogens with two attached hydrogens (primary N) is 1. The van der Waals surface area contributed by atoms with Gasteiger partial charge in [-0.2, -0.15) is 0 Å². The Hall–Kier alpha value is -0.680. The molecule has 1 atom stereocenters. The first kappa shape index (κ1) is 14.4. The maximum absolute atomic E-state index is 11.9. The Morgan fingerprint density at radius 2 is 2.24 bits per heavy atom. The summed E-state index contributed by atoms with van der Waals surface area (Å²) in [6, 6.07) is 0. The molecule has 0 aliphatic carbocycles. The first-order chi connectivity index (χ1) is 7.84. The lowest BCUT2D eigenvalue weighted by Crippen LogP contribution is -2.47. The molecule has 98 valence electrons. The first-order valence-corrected chi connectivity index (χ1v) is 6.51. The van der Waals surface area contributed by atoms with Gasteiger partial charge in [0.05, 0.1) is 10.4 Å². The van der Waals surface area contributed by atoms with Gasteiger partial charge in [-0.3, -0.25) is 4.79 Å². The molecule has 1 unspecified atom stereocenters. The second-order valence-electron chi connectivity index (χ2n) is 5.47. The van der Waals surface area contributed by atoms with Crippen LogP contribution in [0.5, 0.6) is 0 Å². The van der Waals surface area contributed by atoms with Gasteiger partial charge in [-0.05, 0) is 46.2 Å². The first-order valence-electron chi connectivity index (χ1n) is 6.10. The summed E-state index contributed by atoms with van der Waals surface area (Å²) >= 11 is 4.91. The predicted octanol–water partition coefficient (Wildman–Crippen LogP) is 0.757. The molecule has 5 heteroatoms. The van der Waals surface area contributed by atoms with Crippen molar-refractivity contribution in [1.29, 1.82) is 0 Å². The minimum Gasteiger partial charge on any atom is -0.392 e. The van der Waals surface area contributed by atoms with Gasteiger partial charge in [0.15, 0.2) is 0 Å². The Morgan fingerprint density at radius 1 is 1.59 bits per heavy atom. The number of thiocarbonyl (C=S) groups is 1. The highest BCUT2D eigenvalue weighted by Gasteiger charge is 2.31. The number of nitrogens with one attached hydrogen (secondary N) is 1. The number of carbonyl (C=O) groups is 1.